The quantitative estimate of drug-likeness (QED) is 0.833. The number of rotatable bonds is 5. The molecule has 1 aromatic carbocycles. The zero-order valence-electron chi connectivity index (χ0n) is 16.1. The Morgan fingerprint density at radius 1 is 1.18 bits per heavy atom. The second kappa shape index (κ2) is 8.29. The number of benzene rings is 1. The highest BCUT2D eigenvalue weighted by Crippen LogP contribution is 2.32. The van der Waals surface area contributed by atoms with Gasteiger partial charge in [-0.3, -0.25) is 14.7 Å². The number of nitrogens with one attached hydrogen (secondary N) is 1. The van der Waals surface area contributed by atoms with Gasteiger partial charge in [0.1, 0.15) is 11.4 Å². The van der Waals surface area contributed by atoms with E-state index in [1.165, 1.54) is 0 Å². The molecule has 0 spiro atoms. The second-order valence-electron chi connectivity index (χ2n) is 7.78. The standard InChI is InChI=1S/C22H27N3O3/c26-19-7-4-10-23-20(19)17-5-3-6-18(15-17)21(27)24-22(8-1-2-9-22)16-25-11-13-28-14-12-25/h3-7,10,15,26H,1-2,8-9,11-14,16H2,(H,24,27). The van der Waals surface area contributed by atoms with E-state index >= 15 is 0 Å². The molecular weight excluding hydrogens is 354 g/mol. The third-order valence-corrected chi connectivity index (χ3v) is 5.75. The van der Waals surface area contributed by atoms with E-state index in [2.05, 4.69) is 15.2 Å². The predicted octanol–water partition coefficient (Wildman–Crippen LogP) is 2.83. The number of ether oxygens (including phenoxy) is 1. The van der Waals surface area contributed by atoms with E-state index in [1.807, 2.05) is 18.2 Å². The van der Waals surface area contributed by atoms with E-state index in [9.17, 15) is 9.90 Å². The minimum atomic E-state index is -0.169. The fourth-order valence-electron chi connectivity index (χ4n) is 4.30. The first-order valence-electron chi connectivity index (χ1n) is 10.0. The summed E-state index contributed by atoms with van der Waals surface area (Å²) >= 11 is 0. The van der Waals surface area contributed by atoms with Crippen LogP contribution in [-0.2, 0) is 4.74 Å². The molecule has 0 radical (unpaired) electrons. The van der Waals surface area contributed by atoms with Gasteiger partial charge < -0.3 is 15.2 Å². The van der Waals surface area contributed by atoms with Crippen molar-refractivity contribution in [2.45, 2.75) is 31.2 Å². The van der Waals surface area contributed by atoms with Crippen molar-refractivity contribution in [3.8, 4) is 17.0 Å². The number of hydrogen-bond donors (Lipinski definition) is 2. The molecule has 28 heavy (non-hydrogen) atoms. The number of carbonyl (C=O) groups excluding carboxylic acids is 1. The monoisotopic (exact) mass is 381 g/mol. The maximum absolute atomic E-state index is 13.1. The Bertz CT molecular complexity index is 827. The van der Waals surface area contributed by atoms with Crippen LogP contribution in [0.3, 0.4) is 0 Å². The van der Waals surface area contributed by atoms with Crippen LogP contribution in [0.4, 0.5) is 0 Å². The number of morpholine rings is 1. The van der Waals surface area contributed by atoms with Gasteiger partial charge in [0.25, 0.3) is 5.91 Å². The number of aromatic hydroxyl groups is 1. The lowest BCUT2D eigenvalue weighted by molar-refractivity contribution is 0.0238. The lowest BCUT2D eigenvalue weighted by atomic mass is 9.95. The molecule has 1 aliphatic carbocycles. The highest BCUT2D eigenvalue weighted by atomic mass is 16.5. The Kier molecular flexibility index (Phi) is 5.59. The van der Waals surface area contributed by atoms with Gasteiger partial charge in [0.05, 0.1) is 18.8 Å². The Labute approximate surface area is 165 Å². The minimum absolute atomic E-state index is 0.0626. The molecule has 4 rings (SSSR count). The van der Waals surface area contributed by atoms with E-state index in [4.69, 9.17) is 4.74 Å². The van der Waals surface area contributed by atoms with Crippen molar-refractivity contribution in [3.63, 3.8) is 0 Å². The number of pyridine rings is 1. The zero-order valence-corrected chi connectivity index (χ0v) is 16.1. The number of amides is 1. The largest absolute Gasteiger partial charge is 0.506 e. The molecule has 1 amide bonds. The molecule has 148 valence electrons. The van der Waals surface area contributed by atoms with Gasteiger partial charge in [0.15, 0.2) is 0 Å². The summed E-state index contributed by atoms with van der Waals surface area (Å²) in [6.45, 7) is 4.25. The predicted molar refractivity (Wildman–Crippen MR) is 107 cm³/mol. The first-order valence-corrected chi connectivity index (χ1v) is 10.0. The van der Waals surface area contributed by atoms with Crippen LogP contribution >= 0.6 is 0 Å². The highest BCUT2D eigenvalue weighted by Gasteiger charge is 2.37. The summed E-state index contributed by atoms with van der Waals surface area (Å²) in [5, 5.41) is 13.4. The van der Waals surface area contributed by atoms with E-state index in [0.717, 1.165) is 64.1 Å². The lowest BCUT2D eigenvalue weighted by Gasteiger charge is -2.37. The molecule has 1 saturated heterocycles. The summed E-state index contributed by atoms with van der Waals surface area (Å²) in [5.41, 5.74) is 1.65. The summed E-state index contributed by atoms with van der Waals surface area (Å²) in [4.78, 5) is 19.7. The summed E-state index contributed by atoms with van der Waals surface area (Å²) in [6.07, 6.45) is 5.95. The molecule has 0 bridgehead atoms. The zero-order chi connectivity index (χ0) is 19.4. The molecule has 2 N–H and O–H groups in total. The SMILES string of the molecule is O=C(NC1(CN2CCOCC2)CCCC1)c1cccc(-c2ncccc2O)c1. The van der Waals surface area contributed by atoms with E-state index in [0.29, 0.717) is 11.3 Å². The number of aromatic nitrogens is 1. The third-order valence-electron chi connectivity index (χ3n) is 5.75. The topological polar surface area (TPSA) is 74.7 Å². The second-order valence-corrected chi connectivity index (χ2v) is 7.78. The summed E-state index contributed by atoms with van der Waals surface area (Å²) in [7, 11) is 0. The smallest absolute Gasteiger partial charge is 0.251 e. The van der Waals surface area contributed by atoms with Crippen LogP contribution in [0.2, 0.25) is 0 Å². The fraction of sp³-hybridized carbons (Fsp3) is 0.455. The van der Waals surface area contributed by atoms with Crippen molar-refractivity contribution in [2.75, 3.05) is 32.8 Å². The van der Waals surface area contributed by atoms with Gasteiger partial charge in [-0.25, -0.2) is 0 Å². The van der Waals surface area contributed by atoms with Crippen LogP contribution in [0.15, 0.2) is 42.6 Å². The molecule has 0 unspecified atom stereocenters. The molecule has 0 atom stereocenters. The molecule has 1 aliphatic heterocycles. The number of hydrogen-bond acceptors (Lipinski definition) is 5. The molecule has 2 aliphatic rings. The Morgan fingerprint density at radius 3 is 2.71 bits per heavy atom. The molecule has 1 aromatic heterocycles. The number of nitrogens with zero attached hydrogens (tertiary/aromatic N) is 2. The van der Waals surface area contributed by atoms with Gasteiger partial charge in [-0.2, -0.15) is 0 Å². The summed E-state index contributed by atoms with van der Waals surface area (Å²) in [5.74, 6) is 0.0482. The summed E-state index contributed by atoms with van der Waals surface area (Å²) < 4.78 is 5.46. The van der Waals surface area contributed by atoms with Gasteiger partial charge in [-0.1, -0.05) is 25.0 Å². The van der Waals surface area contributed by atoms with Crippen molar-refractivity contribution in [1.82, 2.24) is 15.2 Å². The van der Waals surface area contributed by atoms with Gasteiger partial charge in [0, 0.05) is 37.0 Å². The molecule has 6 heteroatoms. The van der Waals surface area contributed by atoms with E-state index in [-0.39, 0.29) is 17.2 Å². The fourth-order valence-corrected chi connectivity index (χ4v) is 4.30. The normalized spacial score (nSPS) is 19.4. The van der Waals surface area contributed by atoms with Crippen LogP contribution in [0.25, 0.3) is 11.3 Å². The molecular formula is C22H27N3O3. The maximum atomic E-state index is 13.1. The van der Waals surface area contributed by atoms with Gasteiger partial charge in [-0.15, -0.1) is 0 Å². The Hall–Kier alpha value is -2.44. The molecule has 1 saturated carbocycles. The van der Waals surface area contributed by atoms with Crippen molar-refractivity contribution < 1.29 is 14.6 Å². The lowest BCUT2D eigenvalue weighted by Crippen LogP contribution is -2.55. The average Bonchev–Trinajstić information content (AvgIpc) is 3.17. The van der Waals surface area contributed by atoms with Crippen molar-refractivity contribution in [3.05, 3.63) is 48.2 Å². The van der Waals surface area contributed by atoms with E-state index in [1.54, 1.807) is 24.4 Å². The van der Waals surface area contributed by atoms with E-state index < -0.39 is 0 Å². The van der Waals surface area contributed by atoms with Crippen LogP contribution < -0.4 is 5.32 Å². The van der Waals surface area contributed by atoms with Gasteiger partial charge in [0.2, 0.25) is 0 Å². The van der Waals surface area contributed by atoms with Crippen LogP contribution in [0.5, 0.6) is 5.75 Å². The molecule has 2 aromatic rings. The highest BCUT2D eigenvalue weighted by molar-refractivity contribution is 5.96. The van der Waals surface area contributed by atoms with Crippen LogP contribution in [-0.4, -0.2) is 59.3 Å². The third kappa shape index (κ3) is 4.18. The van der Waals surface area contributed by atoms with Crippen molar-refractivity contribution in [1.29, 1.82) is 0 Å². The minimum Gasteiger partial charge on any atom is -0.506 e. The number of carbonyl (C=O) groups is 1. The first-order chi connectivity index (χ1) is 13.7. The average molecular weight is 381 g/mol. The molecule has 6 nitrogen and oxygen atoms in total. The van der Waals surface area contributed by atoms with Gasteiger partial charge >= 0.3 is 0 Å². The van der Waals surface area contributed by atoms with Crippen molar-refractivity contribution in [2.24, 2.45) is 0 Å². The van der Waals surface area contributed by atoms with Crippen molar-refractivity contribution >= 4 is 5.91 Å². The van der Waals surface area contributed by atoms with Gasteiger partial charge in [-0.05, 0) is 37.1 Å². The molecule has 2 fully saturated rings. The Morgan fingerprint density at radius 2 is 1.96 bits per heavy atom. The Balaban J connectivity index is 1.52. The maximum Gasteiger partial charge on any atom is 0.251 e. The molecule has 2 heterocycles. The van der Waals surface area contributed by atoms with Crippen LogP contribution in [0, 0.1) is 0 Å². The first kappa shape index (κ1) is 18.9. The van der Waals surface area contributed by atoms with Crippen LogP contribution in [0.1, 0.15) is 36.0 Å². The summed E-state index contributed by atoms with van der Waals surface area (Å²) in [6, 6.07) is 10.6.